The van der Waals surface area contributed by atoms with Gasteiger partial charge in [-0.25, -0.2) is 4.39 Å². The van der Waals surface area contributed by atoms with Gasteiger partial charge in [0, 0.05) is 30.3 Å². The average Bonchev–Trinajstić information content (AvgIpc) is 2.77. The molecule has 0 spiro atoms. The molecule has 2 N–H and O–H groups in total. The Bertz CT molecular complexity index is 628. The Morgan fingerprint density at radius 3 is 2.79 bits per heavy atom. The average molecular weight is 277 g/mol. The number of hydrogen-bond acceptors (Lipinski definition) is 2. The van der Waals surface area contributed by atoms with Gasteiger partial charge in [0.2, 0.25) is 0 Å². The van der Waals surface area contributed by atoms with Crippen LogP contribution in [0.25, 0.3) is 0 Å². The molecule has 2 aromatic carbocycles. The molecule has 98 valence electrons. The first-order chi connectivity index (χ1) is 9.13. The predicted octanol–water partition coefficient (Wildman–Crippen LogP) is 3.58. The van der Waals surface area contributed by atoms with E-state index in [0.717, 1.165) is 24.3 Å². The highest BCUT2D eigenvalue weighted by molar-refractivity contribution is 6.31. The lowest BCUT2D eigenvalue weighted by Crippen LogP contribution is -2.16. The van der Waals surface area contributed by atoms with Gasteiger partial charge in [0.1, 0.15) is 5.82 Å². The Labute approximate surface area is 116 Å². The van der Waals surface area contributed by atoms with Crippen LogP contribution in [0.4, 0.5) is 10.1 Å². The molecule has 0 amide bonds. The lowest BCUT2D eigenvalue weighted by atomic mass is 10.1. The van der Waals surface area contributed by atoms with Gasteiger partial charge in [0.25, 0.3) is 0 Å². The lowest BCUT2D eigenvalue weighted by Gasteiger charge is -2.15. The zero-order valence-corrected chi connectivity index (χ0v) is 11.1. The van der Waals surface area contributed by atoms with Gasteiger partial charge in [-0.15, -0.1) is 0 Å². The first kappa shape index (κ1) is 12.5. The van der Waals surface area contributed by atoms with E-state index >= 15 is 0 Å². The quantitative estimate of drug-likeness (QED) is 0.850. The molecule has 0 aliphatic carbocycles. The molecule has 2 nitrogen and oxygen atoms in total. The summed E-state index contributed by atoms with van der Waals surface area (Å²) >= 11 is 6.06. The maximum absolute atomic E-state index is 13.0. The maximum Gasteiger partial charge on any atom is 0.124 e. The number of hydrogen-bond donors (Lipinski definition) is 1. The van der Waals surface area contributed by atoms with Crippen LogP contribution >= 0.6 is 11.6 Å². The summed E-state index contributed by atoms with van der Waals surface area (Å²) < 4.78 is 13.0. The Morgan fingerprint density at radius 2 is 2.05 bits per heavy atom. The molecule has 0 fully saturated rings. The summed E-state index contributed by atoms with van der Waals surface area (Å²) in [5.41, 5.74) is 10.2. The molecule has 0 atom stereocenters. The largest absolute Gasteiger partial charge is 0.398 e. The summed E-state index contributed by atoms with van der Waals surface area (Å²) in [6.07, 6.45) is 0. The lowest BCUT2D eigenvalue weighted by molar-refractivity contribution is 0.275. The fourth-order valence-corrected chi connectivity index (χ4v) is 2.75. The topological polar surface area (TPSA) is 29.3 Å². The van der Waals surface area contributed by atoms with E-state index in [0.29, 0.717) is 11.6 Å². The van der Waals surface area contributed by atoms with E-state index in [1.807, 2.05) is 12.1 Å². The fraction of sp³-hybridized carbons (Fsp3) is 0.200. The van der Waals surface area contributed by atoms with Crippen molar-refractivity contribution in [3.05, 3.63) is 63.9 Å². The van der Waals surface area contributed by atoms with Crippen molar-refractivity contribution in [3.8, 4) is 0 Å². The van der Waals surface area contributed by atoms with Gasteiger partial charge in [0.15, 0.2) is 0 Å². The van der Waals surface area contributed by atoms with Gasteiger partial charge in [-0.1, -0.05) is 29.8 Å². The van der Waals surface area contributed by atoms with Crippen molar-refractivity contribution in [3.63, 3.8) is 0 Å². The van der Waals surface area contributed by atoms with Crippen molar-refractivity contribution in [2.24, 2.45) is 0 Å². The third-order valence-corrected chi connectivity index (χ3v) is 3.85. The van der Waals surface area contributed by atoms with Crippen molar-refractivity contribution in [2.45, 2.75) is 19.6 Å². The van der Waals surface area contributed by atoms with Crippen LogP contribution in [0.1, 0.15) is 16.7 Å². The van der Waals surface area contributed by atoms with Gasteiger partial charge >= 0.3 is 0 Å². The third kappa shape index (κ3) is 2.44. The van der Waals surface area contributed by atoms with Gasteiger partial charge in [0.05, 0.1) is 0 Å². The molecule has 0 saturated heterocycles. The van der Waals surface area contributed by atoms with Crippen LogP contribution in [-0.4, -0.2) is 4.90 Å². The molecule has 0 bridgehead atoms. The van der Waals surface area contributed by atoms with Crippen LogP contribution in [0, 0.1) is 5.82 Å². The molecule has 0 radical (unpaired) electrons. The van der Waals surface area contributed by atoms with Gasteiger partial charge in [-0.3, -0.25) is 4.90 Å². The summed E-state index contributed by atoms with van der Waals surface area (Å²) in [6.45, 7) is 2.37. The summed E-state index contributed by atoms with van der Waals surface area (Å²) in [6, 6.07) is 10.5. The molecule has 19 heavy (non-hydrogen) atoms. The molecule has 0 saturated carbocycles. The number of rotatable bonds is 2. The molecule has 1 aliphatic rings. The Balaban J connectivity index is 1.79. The third-order valence-electron chi connectivity index (χ3n) is 3.49. The van der Waals surface area contributed by atoms with Crippen LogP contribution in [-0.2, 0) is 19.6 Å². The smallest absolute Gasteiger partial charge is 0.124 e. The molecule has 0 unspecified atom stereocenters. The van der Waals surface area contributed by atoms with E-state index in [9.17, 15) is 4.39 Å². The molecule has 1 heterocycles. The van der Waals surface area contributed by atoms with E-state index in [1.54, 1.807) is 6.07 Å². The zero-order chi connectivity index (χ0) is 13.4. The highest BCUT2D eigenvalue weighted by Gasteiger charge is 2.21. The maximum atomic E-state index is 13.0. The minimum atomic E-state index is -0.303. The monoisotopic (exact) mass is 276 g/mol. The van der Waals surface area contributed by atoms with E-state index in [-0.39, 0.29) is 5.82 Å². The van der Waals surface area contributed by atoms with Gasteiger partial charge < -0.3 is 5.73 Å². The number of halogens is 2. The number of nitrogens with zero attached hydrogens (tertiary/aromatic N) is 1. The summed E-state index contributed by atoms with van der Waals surface area (Å²) in [5, 5.41) is 0.476. The molecular formula is C15H14ClFN2. The Kier molecular flexibility index (Phi) is 3.17. The highest BCUT2D eigenvalue weighted by Crippen LogP contribution is 2.29. The summed E-state index contributed by atoms with van der Waals surface area (Å²) in [5.74, 6) is -0.303. The molecule has 3 rings (SSSR count). The Morgan fingerprint density at radius 1 is 1.21 bits per heavy atom. The molecule has 0 aromatic heterocycles. The van der Waals surface area contributed by atoms with Crippen molar-refractivity contribution in [2.75, 3.05) is 5.73 Å². The summed E-state index contributed by atoms with van der Waals surface area (Å²) in [4.78, 5) is 2.25. The highest BCUT2D eigenvalue weighted by atomic mass is 35.5. The molecule has 4 heteroatoms. The fourth-order valence-electron chi connectivity index (χ4n) is 2.52. The molecule has 1 aliphatic heterocycles. The van der Waals surface area contributed by atoms with Crippen LogP contribution < -0.4 is 5.73 Å². The second-order valence-corrected chi connectivity index (χ2v) is 5.27. The van der Waals surface area contributed by atoms with Crippen LogP contribution in [0.2, 0.25) is 5.02 Å². The molecule has 2 aromatic rings. The van der Waals surface area contributed by atoms with Gasteiger partial charge in [-0.2, -0.15) is 0 Å². The van der Waals surface area contributed by atoms with Crippen molar-refractivity contribution in [1.29, 1.82) is 0 Å². The predicted molar refractivity (Wildman–Crippen MR) is 75.2 cm³/mol. The number of anilines is 1. The number of benzene rings is 2. The van der Waals surface area contributed by atoms with Crippen LogP contribution in [0.3, 0.4) is 0 Å². The van der Waals surface area contributed by atoms with E-state index in [4.69, 9.17) is 17.3 Å². The number of nitrogen functional groups attached to an aromatic ring is 1. The van der Waals surface area contributed by atoms with Crippen LogP contribution in [0.15, 0.2) is 36.4 Å². The van der Waals surface area contributed by atoms with Crippen molar-refractivity contribution < 1.29 is 4.39 Å². The van der Waals surface area contributed by atoms with Crippen molar-refractivity contribution >= 4 is 17.3 Å². The standard InChI is InChI=1S/C15H14ClFN2/c16-14-6-12(17)5-4-11(14)8-19-7-10-2-1-3-15(18)13(10)9-19/h1-6H,7-9,18H2. The second kappa shape index (κ2) is 4.83. The SMILES string of the molecule is Nc1cccc2c1CN(Cc1ccc(F)cc1Cl)C2. The van der Waals surface area contributed by atoms with E-state index in [2.05, 4.69) is 11.0 Å². The van der Waals surface area contributed by atoms with E-state index in [1.165, 1.54) is 23.3 Å². The Hall–Kier alpha value is -1.58. The number of fused-ring (bicyclic) bond motifs is 1. The zero-order valence-electron chi connectivity index (χ0n) is 10.4. The van der Waals surface area contributed by atoms with E-state index < -0.39 is 0 Å². The first-order valence-corrected chi connectivity index (χ1v) is 6.54. The van der Waals surface area contributed by atoms with Crippen molar-refractivity contribution in [1.82, 2.24) is 4.90 Å². The van der Waals surface area contributed by atoms with Gasteiger partial charge in [-0.05, 0) is 34.9 Å². The number of nitrogens with two attached hydrogens (primary N) is 1. The summed E-state index contributed by atoms with van der Waals surface area (Å²) in [7, 11) is 0. The first-order valence-electron chi connectivity index (χ1n) is 6.16. The minimum Gasteiger partial charge on any atom is -0.398 e. The van der Waals surface area contributed by atoms with Crippen LogP contribution in [0.5, 0.6) is 0 Å². The molecular weight excluding hydrogens is 263 g/mol. The normalized spacial score (nSPS) is 14.6. The second-order valence-electron chi connectivity index (χ2n) is 4.87. The minimum absolute atomic E-state index is 0.303.